The van der Waals surface area contributed by atoms with Crippen LogP contribution in [0.15, 0.2) is 18.2 Å². The first-order valence-corrected chi connectivity index (χ1v) is 6.41. The van der Waals surface area contributed by atoms with Gasteiger partial charge in [0, 0.05) is 6.04 Å². The predicted molar refractivity (Wildman–Crippen MR) is 66.0 cm³/mol. The van der Waals surface area contributed by atoms with E-state index in [4.69, 9.17) is 0 Å². The lowest BCUT2D eigenvalue weighted by molar-refractivity contribution is 0.326. The Bertz CT molecular complexity index is 358. The second-order valence-electron chi connectivity index (χ2n) is 4.88. The van der Waals surface area contributed by atoms with Crippen LogP contribution in [0.4, 0.5) is 14.5 Å². The zero-order valence-corrected chi connectivity index (χ0v) is 10.2. The fourth-order valence-corrected chi connectivity index (χ4v) is 2.63. The summed E-state index contributed by atoms with van der Waals surface area (Å²) in [6.07, 6.45) is 5.56. The van der Waals surface area contributed by atoms with Crippen molar-refractivity contribution in [1.82, 2.24) is 0 Å². The van der Waals surface area contributed by atoms with E-state index in [2.05, 4.69) is 12.2 Å². The van der Waals surface area contributed by atoms with Crippen molar-refractivity contribution in [3.05, 3.63) is 29.8 Å². The molecule has 0 saturated heterocycles. The lowest BCUT2D eigenvalue weighted by Crippen LogP contribution is -2.27. The molecule has 0 aliphatic heterocycles. The molecular formula is C14H19F2N. The largest absolute Gasteiger partial charge is 0.378 e. The van der Waals surface area contributed by atoms with Gasteiger partial charge in [-0.2, -0.15) is 0 Å². The van der Waals surface area contributed by atoms with E-state index in [0.29, 0.717) is 5.92 Å². The first-order valence-electron chi connectivity index (χ1n) is 6.41. The van der Waals surface area contributed by atoms with E-state index < -0.39 is 11.6 Å². The summed E-state index contributed by atoms with van der Waals surface area (Å²) in [6.45, 7) is 2.18. The zero-order chi connectivity index (χ0) is 12.3. The predicted octanol–water partition coefficient (Wildman–Crippen LogP) is 4.35. The van der Waals surface area contributed by atoms with Gasteiger partial charge >= 0.3 is 0 Å². The molecular weight excluding hydrogens is 220 g/mol. The first kappa shape index (κ1) is 12.3. The zero-order valence-electron chi connectivity index (χ0n) is 10.2. The molecule has 94 valence electrons. The van der Waals surface area contributed by atoms with Crippen molar-refractivity contribution in [2.45, 2.75) is 45.1 Å². The minimum atomic E-state index is -0.497. The number of benzene rings is 1. The molecule has 0 bridgehead atoms. The average molecular weight is 239 g/mol. The van der Waals surface area contributed by atoms with Crippen molar-refractivity contribution in [3.8, 4) is 0 Å². The normalized spacial score (nSPS) is 24.6. The molecule has 0 amide bonds. The van der Waals surface area contributed by atoms with Crippen LogP contribution in [-0.2, 0) is 0 Å². The Hall–Kier alpha value is -1.12. The Balaban J connectivity index is 2.05. The molecule has 1 saturated carbocycles. The van der Waals surface area contributed by atoms with Gasteiger partial charge in [-0.15, -0.1) is 0 Å². The summed E-state index contributed by atoms with van der Waals surface area (Å²) in [5.74, 6) is -0.302. The van der Waals surface area contributed by atoms with E-state index in [0.717, 1.165) is 25.7 Å². The lowest BCUT2D eigenvalue weighted by atomic mass is 9.84. The van der Waals surface area contributed by atoms with Crippen LogP contribution in [-0.4, -0.2) is 6.04 Å². The Morgan fingerprint density at radius 3 is 2.59 bits per heavy atom. The van der Waals surface area contributed by atoms with Crippen molar-refractivity contribution in [2.24, 2.45) is 5.92 Å². The van der Waals surface area contributed by atoms with Gasteiger partial charge in [-0.25, -0.2) is 8.78 Å². The number of hydrogen-bond acceptors (Lipinski definition) is 1. The third-order valence-corrected chi connectivity index (χ3v) is 3.67. The quantitative estimate of drug-likeness (QED) is 0.827. The van der Waals surface area contributed by atoms with E-state index in [9.17, 15) is 8.78 Å². The molecule has 1 aromatic carbocycles. The van der Waals surface area contributed by atoms with E-state index in [1.807, 2.05) is 0 Å². The summed E-state index contributed by atoms with van der Waals surface area (Å²) in [4.78, 5) is 0. The molecule has 0 aromatic heterocycles. The number of rotatable bonds is 3. The van der Waals surface area contributed by atoms with E-state index in [1.165, 1.54) is 24.6 Å². The van der Waals surface area contributed by atoms with Crippen LogP contribution in [0, 0.1) is 17.6 Å². The molecule has 2 rings (SSSR count). The fraction of sp³-hybridized carbons (Fsp3) is 0.571. The van der Waals surface area contributed by atoms with Crippen LogP contribution in [0.3, 0.4) is 0 Å². The topological polar surface area (TPSA) is 12.0 Å². The van der Waals surface area contributed by atoms with Crippen molar-refractivity contribution in [3.63, 3.8) is 0 Å². The minimum absolute atomic E-state index is 0.0363. The lowest BCUT2D eigenvalue weighted by Gasteiger charge is -2.30. The van der Waals surface area contributed by atoms with Crippen LogP contribution in [0.25, 0.3) is 0 Å². The number of para-hydroxylation sites is 1. The van der Waals surface area contributed by atoms with Gasteiger partial charge in [0.25, 0.3) is 0 Å². The number of halogens is 2. The smallest absolute Gasteiger partial charge is 0.149 e. The van der Waals surface area contributed by atoms with Crippen molar-refractivity contribution in [2.75, 3.05) is 5.32 Å². The standard InChI is InChI=1S/C14H19F2N/c1-2-10-5-3-6-11(9-10)17-14-12(15)7-4-8-13(14)16/h4,7-8,10-11,17H,2-3,5-6,9H2,1H3. The third kappa shape index (κ3) is 2.96. The van der Waals surface area contributed by atoms with Gasteiger partial charge in [0.15, 0.2) is 0 Å². The Kier molecular flexibility index (Phi) is 3.97. The SMILES string of the molecule is CCC1CCCC(Nc2c(F)cccc2F)C1. The summed E-state index contributed by atoms with van der Waals surface area (Å²) < 4.78 is 27.0. The first-order chi connectivity index (χ1) is 8.20. The Morgan fingerprint density at radius 2 is 1.94 bits per heavy atom. The molecule has 1 aliphatic carbocycles. The molecule has 0 radical (unpaired) electrons. The summed E-state index contributed by atoms with van der Waals surface area (Å²) in [5, 5.41) is 3.03. The highest BCUT2D eigenvalue weighted by atomic mass is 19.1. The maximum Gasteiger partial charge on any atom is 0.149 e. The van der Waals surface area contributed by atoms with E-state index in [-0.39, 0.29) is 11.7 Å². The Morgan fingerprint density at radius 1 is 1.24 bits per heavy atom. The van der Waals surface area contributed by atoms with Crippen LogP contribution in [0.1, 0.15) is 39.0 Å². The van der Waals surface area contributed by atoms with Gasteiger partial charge in [-0.3, -0.25) is 0 Å². The number of hydrogen-bond donors (Lipinski definition) is 1. The van der Waals surface area contributed by atoms with Gasteiger partial charge in [-0.1, -0.05) is 32.3 Å². The summed E-state index contributed by atoms with van der Waals surface area (Å²) in [7, 11) is 0. The molecule has 3 heteroatoms. The molecule has 1 aliphatic rings. The minimum Gasteiger partial charge on any atom is -0.378 e. The maximum absolute atomic E-state index is 13.5. The van der Waals surface area contributed by atoms with Crippen LogP contribution < -0.4 is 5.32 Å². The van der Waals surface area contributed by atoms with Crippen molar-refractivity contribution < 1.29 is 8.78 Å². The molecule has 17 heavy (non-hydrogen) atoms. The summed E-state index contributed by atoms with van der Waals surface area (Å²) >= 11 is 0. The van der Waals surface area contributed by atoms with Gasteiger partial charge in [-0.05, 0) is 30.9 Å². The van der Waals surface area contributed by atoms with Gasteiger partial charge in [0.05, 0.1) is 0 Å². The van der Waals surface area contributed by atoms with Gasteiger partial charge in [0.1, 0.15) is 17.3 Å². The summed E-state index contributed by atoms with van der Waals surface area (Å²) in [6, 6.07) is 4.20. The summed E-state index contributed by atoms with van der Waals surface area (Å²) in [5.41, 5.74) is 0.0363. The molecule has 0 spiro atoms. The molecule has 2 atom stereocenters. The van der Waals surface area contributed by atoms with Gasteiger partial charge < -0.3 is 5.32 Å². The highest BCUT2D eigenvalue weighted by Crippen LogP contribution is 2.30. The monoisotopic (exact) mass is 239 g/mol. The maximum atomic E-state index is 13.5. The molecule has 1 aromatic rings. The molecule has 0 heterocycles. The second kappa shape index (κ2) is 5.48. The van der Waals surface area contributed by atoms with E-state index in [1.54, 1.807) is 0 Å². The molecule has 1 nitrogen and oxygen atoms in total. The van der Waals surface area contributed by atoms with Crippen molar-refractivity contribution >= 4 is 5.69 Å². The van der Waals surface area contributed by atoms with Crippen molar-refractivity contribution in [1.29, 1.82) is 0 Å². The Labute approximate surface area is 101 Å². The van der Waals surface area contributed by atoms with E-state index >= 15 is 0 Å². The highest BCUT2D eigenvalue weighted by Gasteiger charge is 2.22. The average Bonchev–Trinajstić information content (AvgIpc) is 2.34. The molecule has 1 N–H and O–H groups in total. The second-order valence-corrected chi connectivity index (χ2v) is 4.88. The molecule has 1 fully saturated rings. The van der Waals surface area contributed by atoms with Crippen LogP contribution >= 0.6 is 0 Å². The third-order valence-electron chi connectivity index (χ3n) is 3.67. The fourth-order valence-electron chi connectivity index (χ4n) is 2.63. The molecule has 2 unspecified atom stereocenters. The number of anilines is 1. The van der Waals surface area contributed by atoms with Crippen LogP contribution in [0.5, 0.6) is 0 Å². The number of nitrogens with one attached hydrogen (secondary N) is 1. The highest BCUT2D eigenvalue weighted by molar-refractivity contribution is 5.46. The van der Waals surface area contributed by atoms with Crippen LogP contribution in [0.2, 0.25) is 0 Å². The van der Waals surface area contributed by atoms with Gasteiger partial charge in [0.2, 0.25) is 0 Å².